The van der Waals surface area contributed by atoms with Crippen LogP contribution in [-0.4, -0.2) is 16.0 Å². The highest BCUT2D eigenvalue weighted by Gasteiger charge is 2.14. The first-order valence-electron chi connectivity index (χ1n) is 4.93. The number of aryl methyl sites for hydroxylation is 1. The van der Waals surface area contributed by atoms with E-state index in [4.69, 9.17) is 0 Å². The van der Waals surface area contributed by atoms with Crippen LogP contribution in [-0.2, 0) is 11.2 Å². The summed E-state index contributed by atoms with van der Waals surface area (Å²) in [4.78, 5) is 11.1. The third-order valence-corrected chi connectivity index (χ3v) is 2.53. The second-order valence-corrected chi connectivity index (χ2v) is 4.01. The fraction of sp³-hybridized carbons (Fsp3) is 0.417. The van der Waals surface area contributed by atoms with E-state index in [0.29, 0.717) is 12.0 Å². The number of hydrogen-bond donors (Lipinski definition) is 2. The number of carbonyl (C=O) groups excluding carboxylic acids is 1. The Morgan fingerprint density at radius 2 is 2.00 bits per heavy atom. The van der Waals surface area contributed by atoms with Crippen LogP contribution < -0.4 is 0 Å². The number of rotatable bonds is 3. The maximum atomic E-state index is 11.1. The van der Waals surface area contributed by atoms with Gasteiger partial charge in [-0.05, 0) is 37.5 Å². The predicted molar refractivity (Wildman–Crippen MR) is 58.1 cm³/mol. The third kappa shape index (κ3) is 2.72. The lowest BCUT2D eigenvalue weighted by molar-refractivity contribution is -0.120. The number of phenols is 2. The smallest absolute Gasteiger partial charge is 0.160 e. The molecule has 0 heterocycles. The summed E-state index contributed by atoms with van der Waals surface area (Å²) in [6, 6.07) is 3.28. The van der Waals surface area contributed by atoms with E-state index in [-0.39, 0.29) is 23.2 Å². The van der Waals surface area contributed by atoms with Gasteiger partial charge in [-0.15, -0.1) is 0 Å². The molecule has 0 aliphatic carbocycles. The second kappa shape index (κ2) is 4.34. The molecule has 0 spiro atoms. The van der Waals surface area contributed by atoms with Crippen molar-refractivity contribution in [3.05, 3.63) is 23.3 Å². The number of ketones is 1. The molecule has 1 unspecified atom stereocenters. The fourth-order valence-corrected chi connectivity index (χ4v) is 1.46. The average molecular weight is 208 g/mol. The number of carbonyl (C=O) groups is 1. The standard InChI is InChI=1S/C12H16O3/c1-7-4-10(6-8(2)9(3)13)12(15)11(14)5-7/h4-5,8,14-15H,6H2,1-3H3. The van der Waals surface area contributed by atoms with Gasteiger partial charge in [0.2, 0.25) is 0 Å². The fourth-order valence-electron chi connectivity index (χ4n) is 1.46. The molecule has 0 saturated carbocycles. The Morgan fingerprint density at radius 1 is 1.40 bits per heavy atom. The zero-order valence-corrected chi connectivity index (χ0v) is 9.24. The molecular weight excluding hydrogens is 192 g/mol. The maximum Gasteiger partial charge on any atom is 0.160 e. The van der Waals surface area contributed by atoms with E-state index in [1.54, 1.807) is 13.0 Å². The minimum Gasteiger partial charge on any atom is -0.504 e. The Balaban J connectivity index is 2.99. The largest absolute Gasteiger partial charge is 0.504 e. The minimum absolute atomic E-state index is 0.0791. The minimum atomic E-state index is -0.142. The summed E-state index contributed by atoms with van der Waals surface area (Å²) >= 11 is 0. The SMILES string of the molecule is CC(=O)C(C)Cc1cc(C)cc(O)c1O. The normalized spacial score (nSPS) is 12.5. The quantitative estimate of drug-likeness (QED) is 0.748. The summed E-state index contributed by atoms with van der Waals surface area (Å²) in [5, 5.41) is 19.0. The van der Waals surface area contributed by atoms with Crippen LogP contribution in [0, 0.1) is 12.8 Å². The van der Waals surface area contributed by atoms with Crippen molar-refractivity contribution in [2.45, 2.75) is 27.2 Å². The van der Waals surface area contributed by atoms with Crippen molar-refractivity contribution < 1.29 is 15.0 Å². The molecule has 2 N–H and O–H groups in total. The Kier molecular flexibility index (Phi) is 3.35. The van der Waals surface area contributed by atoms with Gasteiger partial charge in [0, 0.05) is 5.92 Å². The van der Waals surface area contributed by atoms with E-state index in [0.717, 1.165) is 5.56 Å². The maximum absolute atomic E-state index is 11.1. The van der Waals surface area contributed by atoms with Gasteiger partial charge in [-0.2, -0.15) is 0 Å². The van der Waals surface area contributed by atoms with Gasteiger partial charge >= 0.3 is 0 Å². The molecule has 0 bridgehead atoms. The van der Waals surface area contributed by atoms with Crippen LogP contribution in [0.5, 0.6) is 11.5 Å². The van der Waals surface area contributed by atoms with Gasteiger partial charge in [0.25, 0.3) is 0 Å². The van der Waals surface area contributed by atoms with Crippen LogP contribution >= 0.6 is 0 Å². The van der Waals surface area contributed by atoms with Crippen LogP contribution in [0.3, 0.4) is 0 Å². The molecule has 0 aliphatic rings. The van der Waals surface area contributed by atoms with Gasteiger partial charge in [-0.25, -0.2) is 0 Å². The van der Waals surface area contributed by atoms with Crippen molar-refractivity contribution in [3.8, 4) is 11.5 Å². The van der Waals surface area contributed by atoms with Crippen LogP contribution in [0.4, 0.5) is 0 Å². The van der Waals surface area contributed by atoms with E-state index in [1.807, 2.05) is 6.92 Å². The van der Waals surface area contributed by atoms with Crippen LogP contribution in [0.15, 0.2) is 12.1 Å². The van der Waals surface area contributed by atoms with Crippen LogP contribution in [0.1, 0.15) is 25.0 Å². The first-order chi connectivity index (χ1) is 6.91. The molecule has 1 aromatic rings. The highest BCUT2D eigenvalue weighted by molar-refractivity contribution is 5.78. The second-order valence-electron chi connectivity index (χ2n) is 4.01. The lowest BCUT2D eigenvalue weighted by Gasteiger charge is -2.11. The Labute approximate surface area is 89.4 Å². The van der Waals surface area contributed by atoms with E-state index >= 15 is 0 Å². The van der Waals surface area contributed by atoms with Gasteiger partial charge in [0.15, 0.2) is 11.5 Å². The van der Waals surface area contributed by atoms with E-state index in [9.17, 15) is 15.0 Å². The van der Waals surface area contributed by atoms with Crippen molar-refractivity contribution in [2.24, 2.45) is 5.92 Å². The summed E-state index contributed by atoms with van der Waals surface area (Å²) in [7, 11) is 0. The molecule has 0 saturated heterocycles. The number of hydrogen-bond acceptors (Lipinski definition) is 3. The average Bonchev–Trinajstić information content (AvgIpc) is 2.13. The van der Waals surface area contributed by atoms with Crippen molar-refractivity contribution in [1.82, 2.24) is 0 Å². The van der Waals surface area contributed by atoms with Crippen LogP contribution in [0.2, 0.25) is 0 Å². The highest BCUT2D eigenvalue weighted by atomic mass is 16.3. The predicted octanol–water partition coefficient (Wildman–Crippen LogP) is 2.17. The Morgan fingerprint density at radius 3 is 2.53 bits per heavy atom. The van der Waals surface area contributed by atoms with Gasteiger partial charge in [-0.3, -0.25) is 4.79 Å². The highest BCUT2D eigenvalue weighted by Crippen LogP contribution is 2.31. The molecule has 0 radical (unpaired) electrons. The van der Waals surface area contributed by atoms with Crippen molar-refractivity contribution in [2.75, 3.05) is 0 Å². The first kappa shape index (κ1) is 11.6. The van der Waals surface area contributed by atoms with Gasteiger partial charge < -0.3 is 10.2 Å². The zero-order valence-electron chi connectivity index (χ0n) is 9.24. The Bertz CT molecular complexity index is 383. The molecule has 0 aliphatic heterocycles. The monoisotopic (exact) mass is 208 g/mol. The molecule has 1 rings (SSSR count). The number of benzene rings is 1. The summed E-state index contributed by atoms with van der Waals surface area (Å²) < 4.78 is 0. The molecule has 3 nitrogen and oxygen atoms in total. The van der Waals surface area contributed by atoms with Crippen molar-refractivity contribution >= 4 is 5.78 Å². The van der Waals surface area contributed by atoms with Gasteiger partial charge in [0.1, 0.15) is 5.78 Å². The topological polar surface area (TPSA) is 57.5 Å². The zero-order chi connectivity index (χ0) is 11.6. The molecule has 1 atom stereocenters. The molecule has 0 aromatic heterocycles. The van der Waals surface area contributed by atoms with E-state index in [2.05, 4.69) is 0 Å². The first-order valence-corrected chi connectivity index (χ1v) is 4.93. The molecular formula is C12H16O3. The summed E-state index contributed by atoms with van der Waals surface area (Å²) in [6.45, 7) is 5.17. The van der Waals surface area contributed by atoms with E-state index < -0.39 is 0 Å². The number of Topliss-reactive ketones (excluding diaryl/α,β-unsaturated/α-hetero) is 1. The van der Waals surface area contributed by atoms with E-state index in [1.165, 1.54) is 13.0 Å². The number of aromatic hydroxyl groups is 2. The van der Waals surface area contributed by atoms with Gasteiger partial charge in [-0.1, -0.05) is 13.0 Å². The molecule has 3 heteroatoms. The Hall–Kier alpha value is -1.51. The molecule has 0 amide bonds. The molecule has 1 aromatic carbocycles. The molecule has 0 fully saturated rings. The van der Waals surface area contributed by atoms with Crippen molar-refractivity contribution in [3.63, 3.8) is 0 Å². The molecule has 82 valence electrons. The molecule has 15 heavy (non-hydrogen) atoms. The lowest BCUT2D eigenvalue weighted by Crippen LogP contribution is -2.09. The summed E-state index contributed by atoms with van der Waals surface area (Å²) in [5.74, 6) is -0.304. The number of phenolic OH excluding ortho intramolecular Hbond substituents is 2. The van der Waals surface area contributed by atoms with Gasteiger partial charge in [0.05, 0.1) is 0 Å². The van der Waals surface area contributed by atoms with Crippen LogP contribution in [0.25, 0.3) is 0 Å². The lowest BCUT2D eigenvalue weighted by atomic mass is 9.96. The third-order valence-electron chi connectivity index (χ3n) is 2.53. The van der Waals surface area contributed by atoms with Crippen molar-refractivity contribution in [1.29, 1.82) is 0 Å². The summed E-state index contributed by atoms with van der Waals surface area (Å²) in [5.41, 5.74) is 1.49. The summed E-state index contributed by atoms with van der Waals surface area (Å²) in [6.07, 6.45) is 0.455.